The SMILES string of the molecule is CN1CCC(N(C)CCN=O)CC1. The maximum atomic E-state index is 9.96. The van der Waals surface area contributed by atoms with Crippen molar-refractivity contribution in [2.24, 2.45) is 5.18 Å². The van der Waals surface area contributed by atoms with Gasteiger partial charge in [-0.3, -0.25) is 0 Å². The molecule has 0 unspecified atom stereocenters. The summed E-state index contributed by atoms with van der Waals surface area (Å²) in [5.74, 6) is 0. The van der Waals surface area contributed by atoms with Gasteiger partial charge in [-0.2, -0.15) is 4.91 Å². The highest BCUT2D eigenvalue weighted by molar-refractivity contribution is 4.76. The number of likely N-dealkylation sites (tertiary alicyclic amines) is 1. The van der Waals surface area contributed by atoms with Crippen LogP contribution in [-0.4, -0.2) is 56.1 Å². The Balaban J connectivity index is 2.22. The van der Waals surface area contributed by atoms with Crippen molar-refractivity contribution in [3.8, 4) is 0 Å². The summed E-state index contributed by atoms with van der Waals surface area (Å²) in [6.07, 6.45) is 2.43. The summed E-state index contributed by atoms with van der Waals surface area (Å²) in [6, 6.07) is 0.651. The van der Waals surface area contributed by atoms with Crippen LogP contribution in [0.3, 0.4) is 0 Å². The molecule has 1 rings (SSSR count). The average molecular weight is 185 g/mol. The Morgan fingerprint density at radius 2 is 2.08 bits per heavy atom. The first-order valence-electron chi connectivity index (χ1n) is 4.92. The molecule has 1 aliphatic rings. The van der Waals surface area contributed by atoms with Crippen molar-refractivity contribution in [3.63, 3.8) is 0 Å². The summed E-state index contributed by atoms with van der Waals surface area (Å²) in [7, 11) is 4.24. The molecule has 1 heterocycles. The van der Waals surface area contributed by atoms with E-state index in [2.05, 4.69) is 29.1 Å². The molecule has 0 saturated carbocycles. The van der Waals surface area contributed by atoms with Crippen LogP contribution < -0.4 is 0 Å². The zero-order valence-corrected chi connectivity index (χ0v) is 8.57. The van der Waals surface area contributed by atoms with Crippen molar-refractivity contribution < 1.29 is 0 Å². The molecule has 0 aromatic heterocycles. The van der Waals surface area contributed by atoms with Crippen LogP contribution in [0.25, 0.3) is 0 Å². The molecule has 13 heavy (non-hydrogen) atoms. The number of likely N-dealkylation sites (N-methyl/N-ethyl adjacent to an activating group) is 1. The fourth-order valence-electron chi connectivity index (χ4n) is 1.82. The number of nitrogens with zero attached hydrogens (tertiary/aromatic N) is 3. The molecular weight excluding hydrogens is 166 g/mol. The van der Waals surface area contributed by atoms with Crippen LogP contribution in [0.2, 0.25) is 0 Å². The molecule has 0 spiro atoms. The molecule has 0 aromatic rings. The van der Waals surface area contributed by atoms with E-state index in [1.807, 2.05) is 0 Å². The van der Waals surface area contributed by atoms with Crippen LogP contribution in [0.5, 0.6) is 0 Å². The average Bonchev–Trinajstić information content (AvgIpc) is 2.15. The Hall–Kier alpha value is -0.480. The maximum absolute atomic E-state index is 9.96. The van der Waals surface area contributed by atoms with Gasteiger partial charge in [0.1, 0.15) is 0 Å². The molecule has 1 fully saturated rings. The summed E-state index contributed by atoms with van der Waals surface area (Å²) in [4.78, 5) is 14.6. The number of rotatable bonds is 4. The monoisotopic (exact) mass is 185 g/mol. The predicted octanol–water partition coefficient (Wildman–Crippen LogP) is 0.779. The largest absolute Gasteiger partial charge is 0.306 e. The van der Waals surface area contributed by atoms with Gasteiger partial charge in [0, 0.05) is 12.6 Å². The highest BCUT2D eigenvalue weighted by atomic mass is 16.3. The minimum Gasteiger partial charge on any atom is -0.306 e. The second-order valence-electron chi connectivity index (χ2n) is 3.87. The molecular formula is C9H19N3O. The van der Waals surface area contributed by atoms with Gasteiger partial charge in [-0.1, -0.05) is 5.18 Å². The quantitative estimate of drug-likeness (QED) is 0.607. The molecule has 1 saturated heterocycles. The number of hydrogen-bond donors (Lipinski definition) is 0. The van der Waals surface area contributed by atoms with Gasteiger partial charge in [-0.25, -0.2) is 0 Å². The van der Waals surface area contributed by atoms with Crippen molar-refractivity contribution in [2.45, 2.75) is 18.9 Å². The molecule has 0 aliphatic carbocycles. The van der Waals surface area contributed by atoms with Gasteiger partial charge in [0.15, 0.2) is 0 Å². The van der Waals surface area contributed by atoms with E-state index < -0.39 is 0 Å². The van der Waals surface area contributed by atoms with Crippen LogP contribution in [0.1, 0.15) is 12.8 Å². The maximum Gasteiger partial charge on any atom is 0.0938 e. The fraction of sp³-hybridized carbons (Fsp3) is 1.00. The lowest BCUT2D eigenvalue weighted by molar-refractivity contribution is 0.147. The topological polar surface area (TPSA) is 35.9 Å². The second kappa shape index (κ2) is 5.29. The lowest BCUT2D eigenvalue weighted by atomic mass is 10.0. The highest BCUT2D eigenvalue weighted by Gasteiger charge is 2.19. The Bertz CT molecular complexity index is 155. The smallest absolute Gasteiger partial charge is 0.0938 e. The van der Waals surface area contributed by atoms with E-state index in [1.165, 1.54) is 25.9 Å². The third kappa shape index (κ3) is 3.40. The summed E-state index contributed by atoms with van der Waals surface area (Å²) in [5, 5.41) is 2.88. The third-order valence-corrected chi connectivity index (χ3v) is 2.86. The molecule has 0 bridgehead atoms. The van der Waals surface area contributed by atoms with E-state index in [4.69, 9.17) is 0 Å². The lowest BCUT2D eigenvalue weighted by Crippen LogP contribution is -2.42. The van der Waals surface area contributed by atoms with Crippen LogP contribution in [-0.2, 0) is 0 Å². The van der Waals surface area contributed by atoms with E-state index in [1.54, 1.807) is 0 Å². The minimum atomic E-state index is 0.419. The molecule has 76 valence electrons. The van der Waals surface area contributed by atoms with Gasteiger partial charge in [-0.15, -0.1) is 0 Å². The summed E-state index contributed by atoms with van der Waals surface area (Å²) in [5.41, 5.74) is 0. The van der Waals surface area contributed by atoms with Gasteiger partial charge >= 0.3 is 0 Å². The van der Waals surface area contributed by atoms with Crippen LogP contribution in [0, 0.1) is 4.91 Å². The molecule has 0 radical (unpaired) electrons. The van der Waals surface area contributed by atoms with Crippen molar-refractivity contribution in [3.05, 3.63) is 4.91 Å². The van der Waals surface area contributed by atoms with Gasteiger partial charge in [0.05, 0.1) is 6.54 Å². The van der Waals surface area contributed by atoms with Gasteiger partial charge in [0.25, 0.3) is 0 Å². The Labute approximate surface area is 79.9 Å². The first-order chi connectivity index (χ1) is 6.24. The molecule has 0 atom stereocenters. The number of piperidine rings is 1. The molecule has 1 aliphatic heterocycles. The zero-order valence-electron chi connectivity index (χ0n) is 8.57. The van der Waals surface area contributed by atoms with Crippen molar-refractivity contribution in [1.29, 1.82) is 0 Å². The van der Waals surface area contributed by atoms with Gasteiger partial charge in [0.2, 0.25) is 0 Å². The number of hydrogen-bond acceptors (Lipinski definition) is 4. The highest BCUT2D eigenvalue weighted by Crippen LogP contribution is 2.13. The minimum absolute atomic E-state index is 0.419. The third-order valence-electron chi connectivity index (χ3n) is 2.86. The Morgan fingerprint density at radius 1 is 1.46 bits per heavy atom. The Kier molecular flexibility index (Phi) is 4.32. The first-order valence-corrected chi connectivity index (χ1v) is 4.92. The van der Waals surface area contributed by atoms with E-state index in [0.29, 0.717) is 12.6 Å². The van der Waals surface area contributed by atoms with E-state index >= 15 is 0 Å². The molecule has 0 N–H and O–H groups in total. The lowest BCUT2D eigenvalue weighted by Gasteiger charge is -2.34. The van der Waals surface area contributed by atoms with Crippen molar-refractivity contribution in [2.75, 3.05) is 40.3 Å². The first kappa shape index (κ1) is 10.6. The van der Waals surface area contributed by atoms with Crippen LogP contribution >= 0.6 is 0 Å². The normalized spacial score (nSPS) is 20.8. The summed E-state index contributed by atoms with van der Waals surface area (Å²) < 4.78 is 0. The second-order valence-corrected chi connectivity index (χ2v) is 3.87. The van der Waals surface area contributed by atoms with Crippen molar-refractivity contribution in [1.82, 2.24) is 9.80 Å². The fourth-order valence-corrected chi connectivity index (χ4v) is 1.82. The van der Waals surface area contributed by atoms with Crippen molar-refractivity contribution >= 4 is 0 Å². The Morgan fingerprint density at radius 3 is 2.62 bits per heavy atom. The molecule has 4 heteroatoms. The number of nitroso groups, excluding NO2 is 1. The zero-order chi connectivity index (χ0) is 9.68. The van der Waals surface area contributed by atoms with E-state index in [0.717, 1.165) is 6.54 Å². The van der Waals surface area contributed by atoms with E-state index in [-0.39, 0.29) is 0 Å². The molecule has 4 nitrogen and oxygen atoms in total. The summed E-state index contributed by atoms with van der Waals surface area (Å²) >= 11 is 0. The van der Waals surface area contributed by atoms with Crippen LogP contribution in [0.15, 0.2) is 5.18 Å². The van der Waals surface area contributed by atoms with Crippen LogP contribution in [0.4, 0.5) is 0 Å². The predicted molar refractivity (Wildman–Crippen MR) is 53.8 cm³/mol. The molecule has 0 aromatic carbocycles. The van der Waals surface area contributed by atoms with Gasteiger partial charge in [-0.05, 0) is 40.0 Å². The summed E-state index contributed by atoms with van der Waals surface area (Å²) in [6.45, 7) is 3.56. The standard InChI is InChI=1S/C9H19N3O/c1-11-6-3-9(4-7-11)12(2)8-5-10-13/h9H,3-8H2,1-2H3. The molecule has 0 amide bonds. The van der Waals surface area contributed by atoms with E-state index in [9.17, 15) is 4.91 Å². The van der Waals surface area contributed by atoms with Gasteiger partial charge < -0.3 is 9.80 Å².